The van der Waals surface area contributed by atoms with E-state index in [9.17, 15) is 14.0 Å². The van der Waals surface area contributed by atoms with Crippen LogP contribution in [0.2, 0.25) is 0 Å². The summed E-state index contributed by atoms with van der Waals surface area (Å²) >= 11 is 0. The molecule has 2 aromatic carbocycles. The molecule has 2 unspecified atom stereocenters. The maximum Gasteiger partial charge on any atom is 0.338 e. The number of nitrogens with zero attached hydrogens (tertiary/aromatic N) is 1. The molecule has 1 aromatic heterocycles. The number of fused-ring (bicyclic) bond motifs is 1. The molecule has 0 aliphatic carbocycles. The zero-order chi connectivity index (χ0) is 23.7. The van der Waals surface area contributed by atoms with Crippen molar-refractivity contribution in [2.75, 3.05) is 7.11 Å². The first-order valence-electron chi connectivity index (χ1n) is 10.6. The third-order valence-corrected chi connectivity index (χ3v) is 5.87. The summed E-state index contributed by atoms with van der Waals surface area (Å²) in [5.41, 5.74) is 1.51. The Morgan fingerprint density at radius 3 is 2.06 bits per heavy atom. The molecule has 0 saturated heterocycles. The molecule has 4 rings (SSSR count). The Morgan fingerprint density at radius 1 is 0.939 bits per heavy atom. The van der Waals surface area contributed by atoms with Crippen LogP contribution >= 0.6 is 0 Å². The summed E-state index contributed by atoms with van der Waals surface area (Å²) in [6.45, 7) is 5.15. The molecule has 2 heterocycles. The first-order chi connectivity index (χ1) is 15.8. The number of carbonyl (C=O) groups excluding carboxylic acids is 2. The van der Waals surface area contributed by atoms with Crippen molar-refractivity contribution < 1.29 is 23.5 Å². The Hall–Kier alpha value is -3.87. The lowest BCUT2D eigenvalue weighted by molar-refractivity contribution is -0.148. The van der Waals surface area contributed by atoms with E-state index in [4.69, 9.17) is 9.47 Å². The second kappa shape index (κ2) is 8.94. The third-order valence-electron chi connectivity index (χ3n) is 5.87. The molecule has 170 valence electrons. The molecular formula is C26H25FN2O4. The molecule has 0 bridgehead atoms. The number of nitrogens with one attached hydrogen (secondary N) is 1. The van der Waals surface area contributed by atoms with E-state index < -0.39 is 29.9 Å². The summed E-state index contributed by atoms with van der Waals surface area (Å²) in [6.07, 6.45) is 3.16. The highest BCUT2D eigenvalue weighted by Gasteiger charge is 2.39. The predicted octanol–water partition coefficient (Wildman–Crippen LogP) is 4.95. The number of hydrogen-bond donors (Lipinski definition) is 1. The van der Waals surface area contributed by atoms with Gasteiger partial charge in [0.05, 0.1) is 24.2 Å². The summed E-state index contributed by atoms with van der Waals surface area (Å²) < 4.78 is 27.4. The number of benzene rings is 2. The van der Waals surface area contributed by atoms with Gasteiger partial charge in [0.15, 0.2) is 6.23 Å². The molecule has 6 nitrogen and oxygen atoms in total. The number of rotatable bonds is 5. The van der Waals surface area contributed by atoms with Gasteiger partial charge in [-0.15, -0.1) is 0 Å². The van der Waals surface area contributed by atoms with Crippen LogP contribution in [0.1, 0.15) is 38.5 Å². The van der Waals surface area contributed by atoms with Crippen molar-refractivity contribution in [1.82, 2.24) is 9.88 Å². The maximum absolute atomic E-state index is 14.9. The molecule has 1 aliphatic heterocycles. The molecule has 7 heteroatoms. The van der Waals surface area contributed by atoms with Crippen molar-refractivity contribution in [3.63, 3.8) is 0 Å². The van der Waals surface area contributed by atoms with Crippen LogP contribution in [-0.2, 0) is 19.1 Å². The molecule has 0 saturated carbocycles. The monoisotopic (exact) mass is 448 g/mol. The number of esters is 2. The van der Waals surface area contributed by atoms with Gasteiger partial charge in [-0.05, 0) is 37.6 Å². The van der Waals surface area contributed by atoms with E-state index in [1.54, 1.807) is 43.5 Å². The Bertz CT molecular complexity index is 1270. The van der Waals surface area contributed by atoms with Gasteiger partial charge in [-0.3, -0.25) is 0 Å². The lowest BCUT2D eigenvalue weighted by Crippen LogP contribution is -2.33. The van der Waals surface area contributed by atoms with Crippen molar-refractivity contribution in [2.24, 2.45) is 0 Å². The van der Waals surface area contributed by atoms with Crippen LogP contribution in [0, 0.1) is 5.82 Å². The lowest BCUT2D eigenvalue weighted by Gasteiger charge is -2.31. The zero-order valence-electron chi connectivity index (χ0n) is 18.9. The number of carbonyl (C=O) groups is 2. The number of methoxy groups -OCH3 is 1. The normalized spacial score (nSPS) is 17.1. The van der Waals surface area contributed by atoms with Crippen molar-refractivity contribution >= 4 is 22.7 Å². The van der Waals surface area contributed by atoms with Gasteiger partial charge in [0.2, 0.25) is 0 Å². The minimum atomic E-state index is -0.969. The molecule has 1 aliphatic rings. The van der Waals surface area contributed by atoms with E-state index in [0.717, 1.165) is 10.8 Å². The van der Waals surface area contributed by atoms with Crippen LogP contribution in [-0.4, -0.2) is 23.6 Å². The van der Waals surface area contributed by atoms with Gasteiger partial charge in [-0.25, -0.2) is 14.0 Å². The molecular weight excluding hydrogens is 423 g/mol. The van der Waals surface area contributed by atoms with Crippen molar-refractivity contribution in [2.45, 2.75) is 32.9 Å². The topological polar surface area (TPSA) is 69.6 Å². The Morgan fingerprint density at radius 2 is 1.48 bits per heavy atom. The Labute approximate surface area is 191 Å². The lowest BCUT2D eigenvalue weighted by atomic mass is 9.80. The van der Waals surface area contributed by atoms with Crippen molar-refractivity contribution in [1.29, 1.82) is 0 Å². The Balaban J connectivity index is 1.73. The van der Waals surface area contributed by atoms with Crippen LogP contribution in [0.25, 0.3) is 10.8 Å². The number of aromatic nitrogens is 1. The largest absolute Gasteiger partial charge is 0.466 e. The average molecular weight is 448 g/mol. The van der Waals surface area contributed by atoms with Crippen molar-refractivity contribution in [3.05, 3.63) is 94.8 Å². The van der Waals surface area contributed by atoms with E-state index in [2.05, 4.69) is 5.32 Å². The van der Waals surface area contributed by atoms with Gasteiger partial charge in [0.25, 0.3) is 0 Å². The molecule has 33 heavy (non-hydrogen) atoms. The summed E-state index contributed by atoms with van der Waals surface area (Å²) in [7, 11) is 1.25. The highest BCUT2D eigenvalue weighted by Crippen LogP contribution is 2.40. The van der Waals surface area contributed by atoms with Crippen LogP contribution in [0.4, 0.5) is 4.39 Å². The highest BCUT2D eigenvalue weighted by atomic mass is 19.1. The number of halogens is 1. The van der Waals surface area contributed by atoms with Gasteiger partial charge < -0.3 is 19.4 Å². The maximum atomic E-state index is 14.9. The van der Waals surface area contributed by atoms with E-state index in [-0.39, 0.29) is 16.7 Å². The fourth-order valence-electron chi connectivity index (χ4n) is 4.26. The molecule has 0 amide bonds. The van der Waals surface area contributed by atoms with Crippen molar-refractivity contribution in [3.8, 4) is 0 Å². The first-order valence-corrected chi connectivity index (χ1v) is 10.6. The average Bonchev–Trinajstić information content (AvgIpc) is 3.23. The van der Waals surface area contributed by atoms with E-state index >= 15 is 0 Å². The second-order valence-corrected chi connectivity index (χ2v) is 7.99. The molecule has 3 aromatic rings. The van der Waals surface area contributed by atoms with Crippen LogP contribution in [0.5, 0.6) is 0 Å². The molecule has 1 N–H and O–H groups in total. The molecule has 2 atom stereocenters. The molecule has 0 fully saturated rings. The summed E-state index contributed by atoms with van der Waals surface area (Å²) in [5.74, 6) is -2.78. The number of ether oxygens (including phenoxy) is 2. The molecule has 0 spiro atoms. The minimum absolute atomic E-state index is 0.162. The Kier molecular flexibility index (Phi) is 6.05. The van der Waals surface area contributed by atoms with Gasteiger partial charge in [0, 0.05) is 29.4 Å². The summed E-state index contributed by atoms with van der Waals surface area (Å²) in [4.78, 5) is 26.1. The number of hydrogen-bond acceptors (Lipinski definition) is 5. The highest BCUT2D eigenvalue weighted by molar-refractivity contribution is 6.00. The predicted molar refractivity (Wildman–Crippen MR) is 122 cm³/mol. The van der Waals surface area contributed by atoms with E-state index in [1.165, 1.54) is 13.2 Å². The number of allylic oxidation sites excluding steroid dienone is 2. The first kappa shape index (κ1) is 22.3. The van der Waals surface area contributed by atoms with Crippen LogP contribution in [0.3, 0.4) is 0 Å². The smallest absolute Gasteiger partial charge is 0.338 e. The zero-order valence-corrected chi connectivity index (χ0v) is 18.9. The van der Waals surface area contributed by atoms with Gasteiger partial charge in [0.1, 0.15) is 5.82 Å². The SMILES string of the molecule is COC(=O)C1=C(C)NC(C)=C(C(=O)OC(C)n2cc3ccccc3c2)C1c1ccccc1F. The van der Waals surface area contributed by atoms with Gasteiger partial charge in [-0.2, -0.15) is 0 Å². The fourth-order valence-corrected chi connectivity index (χ4v) is 4.26. The van der Waals surface area contributed by atoms with Crippen LogP contribution < -0.4 is 5.32 Å². The number of dihydropyridines is 1. The summed E-state index contributed by atoms with van der Waals surface area (Å²) in [6, 6.07) is 13.9. The van der Waals surface area contributed by atoms with Gasteiger partial charge >= 0.3 is 11.9 Å². The van der Waals surface area contributed by atoms with E-state index in [1.807, 2.05) is 36.7 Å². The second-order valence-electron chi connectivity index (χ2n) is 7.99. The van der Waals surface area contributed by atoms with E-state index in [0.29, 0.717) is 11.4 Å². The summed E-state index contributed by atoms with van der Waals surface area (Å²) in [5, 5.41) is 5.10. The third kappa shape index (κ3) is 4.14. The van der Waals surface area contributed by atoms with Crippen LogP contribution in [0.15, 0.2) is 83.5 Å². The van der Waals surface area contributed by atoms with Gasteiger partial charge in [-0.1, -0.05) is 42.5 Å². The fraction of sp³-hybridized carbons (Fsp3) is 0.231. The minimum Gasteiger partial charge on any atom is -0.466 e. The molecule has 0 radical (unpaired) electrons. The quantitative estimate of drug-likeness (QED) is 0.560. The standard InChI is InChI=1S/C26H25FN2O4/c1-15-22(25(30)32-4)24(20-11-7-8-12-21(20)27)23(16(2)28-15)26(31)33-17(3)29-13-18-9-5-6-10-19(18)14-29/h5-14,17,24,28H,1-4H3.